The van der Waals surface area contributed by atoms with Gasteiger partial charge in [-0.15, -0.1) is 0 Å². The van der Waals surface area contributed by atoms with Crippen molar-refractivity contribution in [3.8, 4) is 0 Å². The summed E-state index contributed by atoms with van der Waals surface area (Å²) in [6.07, 6.45) is 8.38. The van der Waals surface area contributed by atoms with Crippen LogP contribution >= 0.6 is 0 Å². The third-order valence-corrected chi connectivity index (χ3v) is 5.32. The van der Waals surface area contributed by atoms with Crippen LogP contribution in [-0.2, 0) is 0 Å². The molecule has 0 spiro atoms. The standard InChI is InChI=1S/C17H32N2/c1-16(2)9-15(10-17(3,4)12-16)19-8-7-14(11-19)18-13-5-6-13/h13-15,18H,5-12H2,1-4H3. The van der Waals surface area contributed by atoms with Gasteiger partial charge < -0.3 is 5.32 Å². The van der Waals surface area contributed by atoms with E-state index >= 15 is 0 Å². The van der Waals surface area contributed by atoms with Gasteiger partial charge in [0.1, 0.15) is 0 Å². The van der Waals surface area contributed by atoms with Crippen molar-refractivity contribution in [2.75, 3.05) is 13.1 Å². The van der Waals surface area contributed by atoms with Crippen molar-refractivity contribution in [3.63, 3.8) is 0 Å². The monoisotopic (exact) mass is 264 g/mol. The lowest BCUT2D eigenvalue weighted by Crippen LogP contribution is -2.46. The molecule has 0 aromatic carbocycles. The van der Waals surface area contributed by atoms with Crippen LogP contribution in [0.25, 0.3) is 0 Å². The van der Waals surface area contributed by atoms with Crippen molar-refractivity contribution in [1.82, 2.24) is 10.2 Å². The van der Waals surface area contributed by atoms with Crippen LogP contribution in [0.1, 0.15) is 66.2 Å². The topological polar surface area (TPSA) is 15.3 Å². The summed E-state index contributed by atoms with van der Waals surface area (Å²) >= 11 is 0. The van der Waals surface area contributed by atoms with Crippen molar-refractivity contribution in [1.29, 1.82) is 0 Å². The van der Waals surface area contributed by atoms with Gasteiger partial charge in [0.2, 0.25) is 0 Å². The number of nitrogens with one attached hydrogen (secondary N) is 1. The Kier molecular flexibility index (Phi) is 3.46. The van der Waals surface area contributed by atoms with Gasteiger partial charge >= 0.3 is 0 Å². The van der Waals surface area contributed by atoms with Crippen molar-refractivity contribution in [2.24, 2.45) is 10.8 Å². The van der Waals surface area contributed by atoms with Gasteiger partial charge in [0.15, 0.2) is 0 Å². The third kappa shape index (κ3) is 3.52. The molecule has 110 valence electrons. The Balaban J connectivity index is 1.59. The Labute approximate surface area is 119 Å². The molecule has 2 aliphatic carbocycles. The van der Waals surface area contributed by atoms with E-state index in [0.29, 0.717) is 10.8 Å². The number of hydrogen-bond donors (Lipinski definition) is 1. The summed E-state index contributed by atoms with van der Waals surface area (Å²) in [7, 11) is 0. The van der Waals surface area contributed by atoms with E-state index in [1.807, 2.05) is 0 Å². The molecule has 1 N–H and O–H groups in total. The van der Waals surface area contributed by atoms with Crippen LogP contribution in [0.2, 0.25) is 0 Å². The van der Waals surface area contributed by atoms with Gasteiger partial charge in [-0.1, -0.05) is 27.7 Å². The van der Waals surface area contributed by atoms with Gasteiger partial charge in [0.05, 0.1) is 0 Å². The largest absolute Gasteiger partial charge is 0.310 e. The van der Waals surface area contributed by atoms with E-state index in [1.165, 1.54) is 51.6 Å². The molecule has 19 heavy (non-hydrogen) atoms. The Hall–Kier alpha value is -0.0800. The zero-order chi connectivity index (χ0) is 13.7. The second-order valence-electron chi connectivity index (χ2n) is 8.99. The fraction of sp³-hybridized carbons (Fsp3) is 1.00. The summed E-state index contributed by atoms with van der Waals surface area (Å²) in [5, 5.41) is 3.82. The van der Waals surface area contributed by atoms with Crippen LogP contribution in [0.5, 0.6) is 0 Å². The number of likely N-dealkylation sites (tertiary alicyclic amines) is 1. The smallest absolute Gasteiger partial charge is 0.0209 e. The van der Waals surface area contributed by atoms with E-state index in [-0.39, 0.29) is 0 Å². The van der Waals surface area contributed by atoms with E-state index in [1.54, 1.807) is 0 Å². The lowest BCUT2D eigenvalue weighted by Gasteiger charge is -2.47. The van der Waals surface area contributed by atoms with Gasteiger partial charge in [0, 0.05) is 31.2 Å². The zero-order valence-corrected chi connectivity index (χ0v) is 13.3. The second-order valence-corrected chi connectivity index (χ2v) is 8.99. The normalized spacial score (nSPS) is 35.7. The van der Waals surface area contributed by atoms with Crippen molar-refractivity contribution >= 4 is 0 Å². The predicted molar refractivity (Wildman–Crippen MR) is 81.3 cm³/mol. The summed E-state index contributed by atoms with van der Waals surface area (Å²) in [6.45, 7) is 12.5. The molecule has 1 aliphatic heterocycles. The molecule has 3 rings (SSSR count). The summed E-state index contributed by atoms with van der Waals surface area (Å²) in [4.78, 5) is 2.79. The highest BCUT2D eigenvalue weighted by Gasteiger charge is 2.42. The summed E-state index contributed by atoms with van der Waals surface area (Å²) < 4.78 is 0. The minimum atomic E-state index is 0.522. The Morgan fingerprint density at radius 3 is 2.11 bits per heavy atom. The molecule has 0 bridgehead atoms. The highest BCUT2D eigenvalue weighted by atomic mass is 15.2. The van der Waals surface area contributed by atoms with Gasteiger partial charge in [-0.2, -0.15) is 0 Å². The van der Waals surface area contributed by atoms with E-state index in [4.69, 9.17) is 0 Å². The highest BCUT2D eigenvalue weighted by Crippen LogP contribution is 2.47. The van der Waals surface area contributed by atoms with Crippen molar-refractivity contribution in [2.45, 2.75) is 84.3 Å². The first-order valence-corrected chi connectivity index (χ1v) is 8.33. The van der Waals surface area contributed by atoms with Gasteiger partial charge in [-0.05, 0) is 49.4 Å². The van der Waals surface area contributed by atoms with Crippen LogP contribution < -0.4 is 5.32 Å². The Morgan fingerprint density at radius 1 is 0.895 bits per heavy atom. The molecule has 2 heteroatoms. The average molecular weight is 264 g/mol. The molecule has 3 fully saturated rings. The van der Waals surface area contributed by atoms with Gasteiger partial charge in [-0.3, -0.25) is 4.90 Å². The summed E-state index contributed by atoms with van der Waals surface area (Å²) in [6, 6.07) is 2.47. The average Bonchev–Trinajstić information content (AvgIpc) is 2.89. The lowest BCUT2D eigenvalue weighted by atomic mass is 9.63. The molecule has 0 radical (unpaired) electrons. The molecule has 2 nitrogen and oxygen atoms in total. The van der Waals surface area contributed by atoms with Crippen molar-refractivity contribution in [3.05, 3.63) is 0 Å². The zero-order valence-electron chi connectivity index (χ0n) is 13.3. The molecule has 1 atom stereocenters. The maximum absolute atomic E-state index is 3.82. The Bertz CT molecular complexity index is 314. The van der Waals surface area contributed by atoms with Crippen LogP contribution in [0, 0.1) is 10.8 Å². The van der Waals surface area contributed by atoms with Crippen molar-refractivity contribution < 1.29 is 0 Å². The fourth-order valence-corrected chi connectivity index (χ4v) is 4.88. The van der Waals surface area contributed by atoms with Crippen LogP contribution in [0.4, 0.5) is 0 Å². The highest BCUT2D eigenvalue weighted by molar-refractivity contribution is 4.97. The Morgan fingerprint density at radius 2 is 1.53 bits per heavy atom. The van der Waals surface area contributed by atoms with Gasteiger partial charge in [0.25, 0.3) is 0 Å². The minimum absolute atomic E-state index is 0.522. The van der Waals surface area contributed by atoms with E-state index in [2.05, 4.69) is 37.9 Å². The first kappa shape index (κ1) is 13.9. The van der Waals surface area contributed by atoms with Crippen LogP contribution in [0.15, 0.2) is 0 Å². The van der Waals surface area contributed by atoms with E-state index < -0.39 is 0 Å². The number of hydrogen-bond acceptors (Lipinski definition) is 2. The molecule has 2 saturated carbocycles. The molecule has 0 amide bonds. The molecule has 0 aromatic heterocycles. The second kappa shape index (κ2) is 4.73. The lowest BCUT2D eigenvalue weighted by molar-refractivity contribution is 0.0337. The molecular weight excluding hydrogens is 232 g/mol. The minimum Gasteiger partial charge on any atom is -0.310 e. The first-order valence-electron chi connectivity index (χ1n) is 8.33. The molecule has 3 aliphatic rings. The van der Waals surface area contributed by atoms with Gasteiger partial charge in [-0.25, -0.2) is 0 Å². The quantitative estimate of drug-likeness (QED) is 0.840. The predicted octanol–water partition coefficient (Wildman–Crippen LogP) is 3.42. The first-order chi connectivity index (χ1) is 8.83. The van der Waals surface area contributed by atoms with E-state index in [9.17, 15) is 0 Å². The molecule has 0 aromatic rings. The molecule has 1 unspecified atom stereocenters. The van der Waals surface area contributed by atoms with Crippen LogP contribution in [0.3, 0.4) is 0 Å². The molecule has 1 heterocycles. The molecule has 1 saturated heterocycles. The number of nitrogens with zero attached hydrogens (tertiary/aromatic N) is 1. The maximum Gasteiger partial charge on any atom is 0.0209 e. The van der Waals surface area contributed by atoms with E-state index in [0.717, 1.165) is 18.1 Å². The SMILES string of the molecule is CC1(C)CC(N2CCC(NC3CC3)C2)CC(C)(C)C1. The maximum atomic E-state index is 3.82. The third-order valence-electron chi connectivity index (χ3n) is 5.32. The van der Waals surface area contributed by atoms with Crippen LogP contribution in [-0.4, -0.2) is 36.1 Å². The summed E-state index contributed by atoms with van der Waals surface area (Å²) in [5.74, 6) is 0. The fourth-order valence-electron chi connectivity index (χ4n) is 4.88. The summed E-state index contributed by atoms with van der Waals surface area (Å²) in [5.41, 5.74) is 1.04. The molecular formula is C17H32N2. The number of rotatable bonds is 3.